The molecule has 0 spiro atoms. The first kappa shape index (κ1) is 11.9. The molecule has 7 nitrogen and oxygen atoms in total. The van der Waals surface area contributed by atoms with Gasteiger partial charge in [-0.15, -0.1) is 11.8 Å². The summed E-state index contributed by atoms with van der Waals surface area (Å²) in [6.07, 6.45) is 2.79. The van der Waals surface area contributed by atoms with Crippen LogP contribution in [0.25, 0.3) is 0 Å². The summed E-state index contributed by atoms with van der Waals surface area (Å²) in [7, 11) is 0. The summed E-state index contributed by atoms with van der Waals surface area (Å²) in [5.74, 6) is -0.359. The van der Waals surface area contributed by atoms with Crippen molar-refractivity contribution in [1.29, 1.82) is 0 Å². The molecular weight excluding hydrogens is 244 g/mol. The Hall–Kier alpha value is -1.57. The number of carboxylic acid groups (broad SMARTS) is 1. The van der Waals surface area contributed by atoms with Crippen LogP contribution < -0.4 is 0 Å². The van der Waals surface area contributed by atoms with E-state index in [0.717, 1.165) is 0 Å². The monoisotopic (exact) mass is 256 g/mol. The van der Waals surface area contributed by atoms with Gasteiger partial charge in [0.25, 0.3) is 0 Å². The zero-order valence-corrected chi connectivity index (χ0v) is 10.0. The molecule has 1 aromatic rings. The molecule has 1 aromatic heterocycles. The molecule has 0 aliphatic carbocycles. The number of aromatic nitrogens is 3. The highest BCUT2D eigenvalue weighted by atomic mass is 32.2. The van der Waals surface area contributed by atoms with E-state index in [-0.39, 0.29) is 5.91 Å². The number of thioether (sulfide) groups is 1. The van der Waals surface area contributed by atoms with Crippen LogP contribution in [0.15, 0.2) is 12.7 Å². The topological polar surface area (TPSA) is 88.3 Å². The first-order valence-electron chi connectivity index (χ1n) is 5.06. The third kappa shape index (κ3) is 2.26. The van der Waals surface area contributed by atoms with Crippen LogP contribution in [0.4, 0.5) is 0 Å². The number of rotatable bonds is 3. The van der Waals surface area contributed by atoms with Crippen molar-refractivity contribution in [3.63, 3.8) is 0 Å². The Morgan fingerprint density at radius 3 is 2.94 bits per heavy atom. The molecule has 1 saturated heterocycles. The van der Waals surface area contributed by atoms with Crippen molar-refractivity contribution in [2.24, 2.45) is 0 Å². The van der Waals surface area contributed by atoms with E-state index in [1.54, 1.807) is 6.92 Å². The van der Waals surface area contributed by atoms with E-state index >= 15 is 0 Å². The molecule has 8 heteroatoms. The molecular formula is C9H12N4O3S. The predicted octanol–water partition coefficient (Wildman–Crippen LogP) is -0.175. The fourth-order valence-corrected chi connectivity index (χ4v) is 2.79. The van der Waals surface area contributed by atoms with Crippen molar-refractivity contribution in [3.05, 3.63) is 12.7 Å². The van der Waals surface area contributed by atoms with Crippen LogP contribution in [0.1, 0.15) is 13.0 Å². The van der Waals surface area contributed by atoms with Gasteiger partial charge in [0.2, 0.25) is 5.91 Å². The maximum absolute atomic E-state index is 12.1. The van der Waals surface area contributed by atoms with Crippen LogP contribution in [0.2, 0.25) is 0 Å². The Morgan fingerprint density at radius 2 is 2.35 bits per heavy atom. The lowest BCUT2D eigenvalue weighted by Gasteiger charge is -2.23. The molecule has 1 fully saturated rings. The average Bonchev–Trinajstić information content (AvgIpc) is 2.97. The quantitative estimate of drug-likeness (QED) is 0.807. The van der Waals surface area contributed by atoms with Crippen molar-refractivity contribution >= 4 is 23.6 Å². The summed E-state index contributed by atoms with van der Waals surface area (Å²) >= 11 is 1.44. The number of carboxylic acids is 1. The lowest BCUT2D eigenvalue weighted by atomic mass is 10.2. The molecule has 0 bridgehead atoms. The van der Waals surface area contributed by atoms with Crippen molar-refractivity contribution in [2.45, 2.75) is 19.0 Å². The summed E-state index contributed by atoms with van der Waals surface area (Å²) in [5, 5.41) is 12.9. The summed E-state index contributed by atoms with van der Waals surface area (Å²) < 4.78 is 1.42. The lowest BCUT2D eigenvalue weighted by Crippen LogP contribution is -2.44. The molecule has 17 heavy (non-hydrogen) atoms. The fourth-order valence-electron chi connectivity index (χ4n) is 1.63. The van der Waals surface area contributed by atoms with Crippen molar-refractivity contribution in [2.75, 3.05) is 11.6 Å². The predicted molar refractivity (Wildman–Crippen MR) is 60.3 cm³/mol. The van der Waals surface area contributed by atoms with Gasteiger partial charge < -0.3 is 10.0 Å². The van der Waals surface area contributed by atoms with Gasteiger partial charge in [-0.2, -0.15) is 5.10 Å². The molecule has 2 atom stereocenters. The lowest BCUT2D eigenvalue weighted by molar-refractivity contribution is -0.149. The van der Waals surface area contributed by atoms with Gasteiger partial charge >= 0.3 is 5.97 Å². The van der Waals surface area contributed by atoms with Crippen molar-refractivity contribution < 1.29 is 14.7 Å². The maximum atomic E-state index is 12.1. The number of carbonyl (C=O) groups is 2. The normalized spacial score (nSPS) is 21.5. The van der Waals surface area contributed by atoms with Crippen LogP contribution >= 0.6 is 11.8 Å². The van der Waals surface area contributed by atoms with Gasteiger partial charge in [-0.1, -0.05) is 0 Å². The van der Waals surface area contributed by atoms with Gasteiger partial charge in [0.15, 0.2) is 0 Å². The van der Waals surface area contributed by atoms with E-state index in [4.69, 9.17) is 5.11 Å². The minimum Gasteiger partial charge on any atom is -0.480 e. The smallest absolute Gasteiger partial charge is 0.327 e. The Kier molecular flexibility index (Phi) is 3.32. The van der Waals surface area contributed by atoms with Crippen LogP contribution in [0.3, 0.4) is 0 Å². The highest BCUT2D eigenvalue weighted by Crippen LogP contribution is 2.24. The minimum atomic E-state index is -0.964. The Balaban J connectivity index is 2.12. The van der Waals surface area contributed by atoms with E-state index < -0.39 is 18.1 Å². The van der Waals surface area contributed by atoms with E-state index in [0.29, 0.717) is 11.6 Å². The molecule has 1 aliphatic rings. The van der Waals surface area contributed by atoms with Crippen LogP contribution in [0.5, 0.6) is 0 Å². The number of nitrogens with zero attached hydrogens (tertiary/aromatic N) is 4. The fraction of sp³-hybridized carbons (Fsp3) is 0.556. The molecule has 1 aliphatic heterocycles. The third-order valence-corrected chi connectivity index (χ3v) is 3.65. The standard InChI is InChI=1S/C9H12N4O3S/c1-6(13-4-10-3-11-13)8(14)12-5-17-2-7(12)9(15)16/h3-4,6-7H,2,5H2,1H3,(H,15,16). The number of carbonyl (C=O) groups excluding carboxylic acids is 1. The second-order valence-corrected chi connectivity index (χ2v) is 4.71. The zero-order valence-electron chi connectivity index (χ0n) is 9.18. The van der Waals surface area contributed by atoms with E-state index in [9.17, 15) is 9.59 Å². The SMILES string of the molecule is CC(C(=O)N1CSCC1C(=O)O)n1cncn1. The van der Waals surface area contributed by atoms with E-state index in [1.807, 2.05) is 0 Å². The van der Waals surface area contributed by atoms with E-state index in [1.165, 1.54) is 34.0 Å². The molecule has 1 N–H and O–H groups in total. The first-order valence-corrected chi connectivity index (χ1v) is 6.22. The molecule has 92 valence electrons. The first-order chi connectivity index (χ1) is 8.11. The summed E-state index contributed by atoms with van der Waals surface area (Å²) in [6, 6.07) is -1.27. The largest absolute Gasteiger partial charge is 0.480 e. The molecule has 1 amide bonds. The number of amides is 1. The number of aliphatic carboxylic acids is 1. The number of hydrogen-bond donors (Lipinski definition) is 1. The maximum Gasteiger partial charge on any atom is 0.327 e. The molecule has 2 unspecified atom stereocenters. The third-order valence-electron chi connectivity index (χ3n) is 2.64. The van der Waals surface area contributed by atoms with Gasteiger partial charge in [0.1, 0.15) is 24.7 Å². The molecule has 2 heterocycles. The summed E-state index contributed by atoms with van der Waals surface area (Å²) in [5.41, 5.74) is 0. The second kappa shape index (κ2) is 4.74. The second-order valence-electron chi connectivity index (χ2n) is 3.71. The molecule has 2 rings (SSSR count). The van der Waals surface area contributed by atoms with Gasteiger partial charge in [0, 0.05) is 5.75 Å². The average molecular weight is 256 g/mol. The molecule has 0 saturated carbocycles. The summed E-state index contributed by atoms with van der Waals surface area (Å²) in [4.78, 5) is 28.2. The van der Waals surface area contributed by atoms with Crippen LogP contribution in [-0.4, -0.2) is 54.3 Å². The Bertz CT molecular complexity index is 422. The molecule has 0 radical (unpaired) electrons. The highest BCUT2D eigenvalue weighted by molar-refractivity contribution is 7.99. The Labute approximate surface area is 102 Å². The molecule has 0 aromatic carbocycles. The van der Waals surface area contributed by atoms with Crippen LogP contribution in [-0.2, 0) is 9.59 Å². The van der Waals surface area contributed by atoms with Crippen molar-refractivity contribution in [1.82, 2.24) is 19.7 Å². The van der Waals surface area contributed by atoms with Crippen LogP contribution in [0, 0.1) is 0 Å². The van der Waals surface area contributed by atoms with Gasteiger partial charge in [-0.25, -0.2) is 14.5 Å². The van der Waals surface area contributed by atoms with E-state index in [2.05, 4.69) is 10.1 Å². The Morgan fingerprint density at radius 1 is 1.59 bits per heavy atom. The van der Waals surface area contributed by atoms with Gasteiger partial charge in [0.05, 0.1) is 5.88 Å². The van der Waals surface area contributed by atoms with Gasteiger partial charge in [-0.05, 0) is 6.92 Å². The van der Waals surface area contributed by atoms with Gasteiger partial charge in [-0.3, -0.25) is 4.79 Å². The van der Waals surface area contributed by atoms with Crippen molar-refractivity contribution in [3.8, 4) is 0 Å². The summed E-state index contributed by atoms with van der Waals surface area (Å²) in [6.45, 7) is 1.68. The zero-order chi connectivity index (χ0) is 12.4. The number of hydrogen-bond acceptors (Lipinski definition) is 5. The minimum absolute atomic E-state index is 0.243. The highest BCUT2D eigenvalue weighted by Gasteiger charge is 2.36.